The van der Waals surface area contributed by atoms with Crippen LogP contribution in [-0.4, -0.2) is 36.3 Å². The first-order chi connectivity index (χ1) is 19.1. The molecule has 0 aliphatic carbocycles. The molecule has 0 radical (unpaired) electrons. The minimum atomic E-state index is -4.46. The normalized spacial score (nSPS) is 12.3. The number of H-pyrrole nitrogens is 1. The molecule has 8 nitrogen and oxygen atoms in total. The summed E-state index contributed by atoms with van der Waals surface area (Å²) in [6, 6.07) is 18.0. The molecule has 0 bridgehead atoms. The molecule has 5 rings (SSSR count). The molecular formula is C27H20Cl2F3N7O. The fourth-order valence-corrected chi connectivity index (χ4v) is 4.57. The van der Waals surface area contributed by atoms with Crippen LogP contribution in [0.25, 0.3) is 16.9 Å². The van der Waals surface area contributed by atoms with Gasteiger partial charge in [0, 0.05) is 22.6 Å². The second-order valence-electron chi connectivity index (χ2n) is 8.87. The van der Waals surface area contributed by atoms with Crippen LogP contribution in [0.4, 0.5) is 13.2 Å². The Labute approximate surface area is 236 Å². The highest BCUT2D eigenvalue weighted by Gasteiger charge is 2.31. The largest absolute Gasteiger partial charge is 0.416 e. The number of amides is 1. The van der Waals surface area contributed by atoms with Gasteiger partial charge in [-0.25, -0.2) is 4.68 Å². The molecule has 5 aromatic rings. The summed E-state index contributed by atoms with van der Waals surface area (Å²) in [4.78, 5) is 13.7. The van der Waals surface area contributed by atoms with Crippen molar-refractivity contribution in [1.82, 2.24) is 35.7 Å². The highest BCUT2D eigenvalue weighted by atomic mass is 35.5. The molecule has 0 spiro atoms. The average molecular weight is 586 g/mol. The molecular weight excluding hydrogens is 566 g/mol. The Morgan fingerprint density at radius 2 is 1.73 bits per heavy atom. The number of para-hydroxylation sites is 1. The Morgan fingerprint density at radius 3 is 2.35 bits per heavy atom. The molecule has 204 valence electrons. The van der Waals surface area contributed by atoms with Crippen LogP contribution in [0.1, 0.15) is 46.0 Å². The van der Waals surface area contributed by atoms with Crippen LogP contribution >= 0.6 is 23.2 Å². The fraction of sp³-hybridized carbons (Fsp3) is 0.148. The van der Waals surface area contributed by atoms with E-state index in [9.17, 15) is 18.0 Å². The topological polar surface area (TPSA) is 101 Å². The van der Waals surface area contributed by atoms with E-state index in [-0.39, 0.29) is 12.1 Å². The summed E-state index contributed by atoms with van der Waals surface area (Å²) in [6.45, 7) is 1.67. The van der Waals surface area contributed by atoms with Crippen LogP contribution in [0.3, 0.4) is 0 Å². The number of aromatic nitrogens is 6. The summed E-state index contributed by atoms with van der Waals surface area (Å²) < 4.78 is 40.6. The van der Waals surface area contributed by atoms with Gasteiger partial charge in [-0.3, -0.25) is 4.79 Å². The Hall–Kier alpha value is -4.22. The lowest BCUT2D eigenvalue weighted by atomic mass is 10.0. The first-order valence-corrected chi connectivity index (χ1v) is 12.7. The van der Waals surface area contributed by atoms with Crippen LogP contribution in [0.15, 0.2) is 72.8 Å². The molecule has 0 saturated carbocycles. The number of alkyl halides is 3. The molecule has 2 heterocycles. The molecule has 40 heavy (non-hydrogen) atoms. The van der Waals surface area contributed by atoms with Gasteiger partial charge in [0.25, 0.3) is 5.91 Å². The lowest BCUT2D eigenvalue weighted by Crippen LogP contribution is -2.28. The van der Waals surface area contributed by atoms with Crippen molar-refractivity contribution in [2.75, 3.05) is 0 Å². The molecule has 0 saturated heterocycles. The Bertz CT molecular complexity index is 1630. The van der Waals surface area contributed by atoms with E-state index in [0.717, 1.165) is 12.1 Å². The predicted molar refractivity (Wildman–Crippen MR) is 143 cm³/mol. The molecule has 1 atom stereocenters. The van der Waals surface area contributed by atoms with Crippen LogP contribution in [0.5, 0.6) is 0 Å². The maximum Gasteiger partial charge on any atom is 0.416 e. The molecule has 3 aromatic carbocycles. The van der Waals surface area contributed by atoms with Crippen molar-refractivity contribution in [3.8, 4) is 16.9 Å². The van der Waals surface area contributed by atoms with E-state index >= 15 is 0 Å². The van der Waals surface area contributed by atoms with Gasteiger partial charge in [-0.2, -0.15) is 23.5 Å². The third-order valence-electron chi connectivity index (χ3n) is 6.21. The number of tetrazole rings is 1. The number of carbonyl (C=O) groups excluding carboxylic acids is 1. The van der Waals surface area contributed by atoms with Gasteiger partial charge in [-0.1, -0.05) is 64.8 Å². The van der Waals surface area contributed by atoms with Crippen molar-refractivity contribution in [3.63, 3.8) is 0 Å². The summed E-state index contributed by atoms with van der Waals surface area (Å²) in [5, 5.41) is 22.5. The molecule has 1 amide bonds. The molecule has 0 aliphatic heterocycles. The number of carbonyl (C=O) groups is 1. The number of aromatic amines is 1. The maximum absolute atomic E-state index is 13.7. The highest BCUT2D eigenvalue weighted by Crippen LogP contribution is 2.34. The van der Waals surface area contributed by atoms with E-state index in [4.69, 9.17) is 23.2 Å². The minimum Gasteiger partial charge on any atom is -0.344 e. The zero-order valence-electron chi connectivity index (χ0n) is 20.7. The highest BCUT2D eigenvalue weighted by molar-refractivity contribution is 6.32. The minimum absolute atomic E-state index is 0.0634. The van der Waals surface area contributed by atoms with Gasteiger partial charge in [0.05, 0.1) is 28.0 Å². The van der Waals surface area contributed by atoms with E-state index < -0.39 is 23.7 Å². The molecule has 0 aliphatic rings. The van der Waals surface area contributed by atoms with E-state index in [1.54, 1.807) is 60.1 Å². The molecule has 0 fully saturated rings. The van der Waals surface area contributed by atoms with Crippen molar-refractivity contribution < 1.29 is 18.0 Å². The van der Waals surface area contributed by atoms with E-state index in [1.807, 2.05) is 0 Å². The average Bonchev–Trinajstić information content (AvgIpc) is 3.57. The lowest BCUT2D eigenvalue weighted by Gasteiger charge is -2.15. The number of rotatable bonds is 7. The number of hydrogen-bond donors (Lipinski definition) is 2. The van der Waals surface area contributed by atoms with Gasteiger partial charge < -0.3 is 5.32 Å². The van der Waals surface area contributed by atoms with Crippen LogP contribution in [-0.2, 0) is 12.6 Å². The van der Waals surface area contributed by atoms with Crippen molar-refractivity contribution in [1.29, 1.82) is 0 Å². The van der Waals surface area contributed by atoms with Crippen molar-refractivity contribution in [2.24, 2.45) is 0 Å². The zero-order valence-corrected chi connectivity index (χ0v) is 22.3. The maximum atomic E-state index is 13.7. The molecule has 13 heteroatoms. The smallest absolute Gasteiger partial charge is 0.344 e. The summed E-state index contributed by atoms with van der Waals surface area (Å²) in [6.07, 6.45) is -4.37. The van der Waals surface area contributed by atoms with Crippen molar-refractivity contribution >= 4 is 29.1 Å². The zero-order chi connectivity index (χ0) is 28.4. The number of nitrogens with one attached hydrogen (secondary N) is 2. The fourth-order valence-electron chi connectivity index (χ4n) is 4.23. The predicted octanol–water partition coefficient (Wildman–Crippen LogP) is 6.46. The Morgan fingerprint density at radius 1 is 1.02 bits per heavy atom. The van der Waals surface area contributed by atoms with E-state index in [2.05, 4.69) is 31.0 Å². The van der Waals surface area contributed by atoms with Crippen LogP contribution in [0.2, 0.25) is 10.0 Å². The molecule has 2 N–H and O–H groups in total. The SMILES string of the molecule is C[C@@H](NC(=O)c1nn(-c2ccccc2Cl)c(-c2ccc(Cl)cc2)c1Cc1nn[nH]n1)c1ccc(C(F)(F)F)cc1. The molecule has 0 unspecified atom stereocenters. The standard InChI is InChI=1S/C27H20Cl2F3N7O/c1-15(16-6-10-18(11-7-16)27(30,31)32)33-26(40)24-20(14-23-34-37-38-35-23)25(17-8-12-19(28)13-9-17)39(36-24)22-5-3-2-4-21(22)29/h2-13,15H,14H2,1H3,(H,33,40)(H,34,35,37,38)/t15-/m1/s1. The first-order valence-electron chi connectivity index (χ1n) is 11.9. The van der Waals surface area contributed by atoms with Gasteiger partial charge in [-0.15, -0.1) is 10.2 Å². The van der Waals surface area contributed by atoms with E-state index in [1.165, 1.54) is 12.1 Å². The van der Waals surface area contributed by atoms with Gasteiger partial charge in [0.15, 0.2) is 11.5 Å². The quantitative estimate of drug-likeness (QED) is 0.228. The number of nitrogens with zero attached hydrogens (tertiary/aromatic N) is 5. The second-order valence-corrected chi connectivity index (χ2v) is 9.71. The lowest BCUT2D eigenvalue weighted by molar-refractivity contribution is -0.137. The molecule has 2 aromatic heterocycles. The summed E-state index contributed by atoms with van der Waals surface area (Å²) in [5.41, 5.74) is 2.05. The summed E-state index contributed by atoms with van der Waals surface area (Å²) >= 11 is 12.7. The number of hydrogen-bond acceptors (Lipinski definition) is 5. The monoisotopic (exact) mass is 585 g/mol. The van der Waals surface area contributed by atoms with Gasteiger partial charge in [0.2, 0.25) is 0 Å². The third-order valence-corrected chi connectivity index (χ3v) is 6.78. The first kappa shape index (κ1) is 27.4. The number of benzene rings is 3. The number of halogens is 5. The second kappa shape index (κ2) is 11.1. The summed E-state index contributed by atoms with van der Waals surface area (Å²) in [5.74, 6) is -0.231. The van der Waals surface area contributed by atoms with Gasteiger partial charge in [0.1, 0.15) is 0 Å². The van der Waals surface area contributed by atoms with Crippen molar-refractivity contribution in [2.45, 2.75) is 25.6 Å². The summed E-state index contributed by atoms with van der Waals surface area (Å²) in [7, 11) is 0. The van der Waals surface area contributed by atoms with Gasteiger partial charge >= 0.3 is 6.18 Å². The Balaban J connectivity index is 1.60. The van der Waals surface area contributed by atoms with E-state index in [0.29, 0.717) is 43.9 Å². The van der Waals surface area contributed by atoms with Crippen LogP contribution < -0.4 is 5.32 Å². The van der Waals surface area contributed by atoms with Crippen LogP contribution in [0, 0.1) is 0 Å². The Kier molecular flexibility index (Phi) is 7.59. The van der Waals surface area contributed by atoms with Crippen molar-refractivity contribution in [3.05, 3.63) is 111 Å². The van der Waals surface area contributed by atoms with Gasteiger partial charge in [-0.05, 0) is 48.9 Å². The third kappa shape index (κ3) is 5.70.